The zero-order chi connectivity index (χ0) is 17.8. The SMILES string of the molecule is N#Cc1cc(N2CC3[C@H](C2)C3(F)F)ccc1Cn1cnc(C(=O)O)c1. The van der Waals surface area contributed by atoms with E-state index in [0.717, 1.165) is 11.3 Å². The van der Waals surface area contributed by atoms with Crippen LogP contribution in [0.3, 0.4) is 0 Å². The first-order valence-electron chi connectivity index (χ1n) is 7.81. The number of nitriles is 1. The van der Waals surface area contributed by atoms with Gasteiger partial charge in [-0.05, 0) is 17.7 Å². The highest BCUT2D eigenvalue weighted by Gasteiger charge is 2.71. The molecule has 1 unspecified atom stereocenters. The molecule has 1 saturated heterocycles. The van der Waals surface area contributed by atoms with Gasteiger partial charge >= 0.3 is 5.97 Å². The lowest BCUT2D eigenvalue weighted by molar-refractivity contribution is 0.0690. The average Bonchev–Trinajstić information content (AvgIpc) is 3.05. The Labute approximate surface area is 141 Å². The molecule has 1 aliphatic heterocycles. The molecule has 0 amide bonds. The average molecular weight is 344 g/mol. The summed E-state index contributed by atoms with van der Waals surface area (Å²) in [5, 5.41) is 18.3. The van der Waals surface area contributed by atoms with E-state index in [9.17, 15) is 18.8 Å². The predicted octanol–water partition coefficient (Wildman–Crippen LogP) is 2.20. The number of carboxylic acids is 1. The van der Waals surface area contributed by atoms with Crippen LogP contribution in [-0.2, 0) is 6.54 Å². The summed E-state index contributed by atoms with van der Waals surface area (Å²) in [7, 11) is 0. The fourth-order valence-electron chi connectivity index (χ4n) is 3.48. The number of rotatable bonds is 4. The summed E-state index contributed by atoms with van der Waals surface area (Å²) in [4.78, 5) is 16.5. The zero-order valence-electron chi connectivity index (χ0n) is 13.1. The minimum atomic E-state index is -2.53. The number of anilines is 1. The third kappa shape index (κ3) is 2.52. The number of hydrogen-bond acceptors (Lipinski definition) is 4. The van der Waals surface area contributed by atoms with Gasteiger partial charge in [0.2, 0.25) is 0 Å². The molecule has 6 nitrogen and oxygen atoms in total. The fraction of sp³-hybridized carbons (Fsp3) is 0.353. The molecule has 1 N–H and O–H groups in total. The van der Waals surface area contributed by atoms with Crippen molar-refractivity contribution in [2.45, 2.75) is 12.5 Å². The van der Waals surface area contributed by atoms with Crippen molar-refractivity contribution in [1.82, 2.24) is 9.55 Å². The molecule has 25 heavy (non-hydrogen) atoms. The summed E-state index contributed by atoms with van der Waals surface area (Å²) in [5.74, 6) is -4.78. The van der Waals surface area contributed by atoms with Gasteiger partial charge in [0.1, 0.15) is 0 Å². The normalized spacial score (nSPS) is 23.2. The van der Waals surface area contributed by atoms with Crippen LogP contribution < -0.4 is 4.90 Å². The Bertz CT molecular complexity index is 888. The molecule has 1 saturated carbocycles. The number of fused-ring (bicyclic) bond motifs is 1. The molecular weight excluding hydrogens is 330 g/mol. The van der Waals surface area contributed by atoms with E-state index in [1.807, 2.05) is 11.0 Å². The first-order valence-corrected chi connectivity index (χ1v) is 7.81. The first kappa shape index (κ1) is 15.6. The van der Waals surface area contributed by atoms with E-state index in [0.29, 0.717) is 25.2 Å². The van der Waals surface area contributed by atoms with Crippen molar-refractivity contribution < 1.29 is 18.7 Å². The lowest BCUT2D eigenvalue weighted by Gasteiger charge is -2.22. The van der Waals surface area contributed by atoms with Gasteiger partial charge in [0, 0.05) is 31.5 Å². The van der Waals surface area contributed by atoms with Crippen LogP contribution in [0.25, 0.3) is 0 Å². The van der Waals surface area contributed by atoms with Gasteiger partial charge in [-0.25, -0.2) is 18.6 Å². The molecule has 2 aliphatic rings. The van der Waals surface area contributed by atoms with Crippen molar-refractivity contribution in [3.05, 3.63) is 47.5 Å². The second-order valence-electron chi connectivity index (χ2n) is 6.48. The fourth-order valence-corrected chi connectivity index (χ4v) is 3.48. The standard InChI is InChI=1S/C17H14F2N4O2/c18-17(19)13-6-23(7-14(13)17)12-2-1-10(11(3-12)4-20)5-22-8-15(16(24)25)21-9-22/h1-3,8-9,13-14H,5-7H2,(H,24,25)/t13-,14?/m0/s1. The third-order valence-electron chi connectivity index (χ3n) is 4.98. The quantitative estimate of drug-likeness (QED) is 0.919. The van der Waals surface area contributed by atoms with Gasteiger partial charge in [-0.3, -0.25) is 0 Å². The number of nitrogens with zero attached hydrogens (tertiary/aromatic N) is 4. The second kappa shape index (κ2) is 5.28. The summed E-state index contributed by atoms with van der Waals surface area (Å²) in [6.07, 6.45) is 2.79. The number of piperidine rings is 1. The van der Waals surface area contributed by atoms with E-state index in [-0.39, 0.29) is 5.69 Å². The van der Waals surface area contributed by atoms with Gasteiger partial charge in [0.05, 0.1) is 29.8 Å². The molecule has 2 fully saturated rings. The number of imidazole rings is 1. The Hall–Kier alpha value is -2.95. The highest BCUT2D eigenvalue weighted by molar-refractivity contribution is 5.84. The molecule has 2 atom stereocenters. The molecule has 0 radical (unpaired) electrons. The van der Waals surface area contributed by atoms with Crippen LogP contribution >= 0.6 is 0 Å². The smallest absolute Gasteiger partial charge is 0.356 e. The van der Waals surface area contributed by atoms with E-state index in [1.54, 1.807) is 16.7 Å². The van der Waals surface area contributed by atoms with Crippen LogP contribution in [-0.4, -0.2) is 39.6 Å². The Balaban J connectivity index is 1.52. The summed E-state index contributed by atoms with van der Waals surface area (Å²) < 4.78 is 28.2. The number of hydrogen-bond donors (Lipinski definition) is 1. The Morgan fingerprint density at radius 1 is 1.40 bits per heavy atom. The largest absolute Gasteiger partial charge is 0.476 e. The Kier molecular flexibility index (Phi) is 3.29. The van der Waals surface area contributed by atoms with Crippen LogP contribution in [0.15, 0.2) is 30.7 Å². The number of benzene rings is 1. The molecule has 4 rings (SSSR count). The maximum atomic E-state index is 13.3. The summed E-state index contributed by atoms with van der Waals surface area (Å²) in [6, 6.07) is 7.41. The number of halogens is 2. The molecule has 2 heterocycles. The van der Waals surface area contributed by atoms with Crippen molar-refractivity contribution in [3.8, 4) is 6.07 Å². The van der Waals surface area contributed by atoms with Crippen LogP contribution in [0.1, 0.15) is 21.6 Å². The highest BCUT2D eigenvalue weighted by atomic mass is 19.3. The lowest BCUT2D eigenvalue weighted by Crippen LogP contribution is -2.27. The lowest BCUT2D eigenvalue weighted by atomic mass is 10.1. The van der Waals surface area contributed by atoms with Gasteiger partial charge in [-0.2, -0.15) is 5.26 Å². The predicted molar refractivity (Wildman–Crippen MR) is 83.6 cm³/mol. The third-order valence-corrected chi connectivity index (χ3v) is 4.98. The molecule has 1 aromatic heterocycles. The topological polar surface area (TPSA) is 82.2 Å². The molecular formula is C17H14F2N4O2. The maximum absolute atomic E-state index is 13.3. The minimum Gasteiger partial charge on any atom is -0.476 e. The van der Waals surface area contributed by atoms with E-state index < -0.39 is 23.7 Å². The molecule has 1 aromatic carbocycles. The van der Waals surface area contributed by atoms with E-state index in [4.69, 9.17) is 5.11 Å². The first-order chi connectivity index (χ1) is 11.9. The van der Waals surface area contributed by atoms with Crippen molar-refractivity contribution in [2.75, 3.05) is 18.0 Å². The number of alkyl halides is 2. The summed E-state index contributed by atoms with van der Waals surface area (Å²) >= 11 is 0. The van der Waals surface area contributed by atoms with Crippen molar-refractivity contribution in [2.24, 2.45) is 11.8 Å². The van der Waals surface area contributed by atoms with Crippen LogP contribution in [0.4, 0.5) is 14.5 Å². The Morgan fingerprint density at radius 3 is 2.72 bits per heavy atom. The van der Waals surface area contributed by atoms with E-state index >= 15 is 0 Å². The monoisotopic (exact) mass is 344 g/mol. The van der Waals surface area contributed by atoms with Gasteiger partial charge in [0.15, 0.2) is 5.69 Å². The minimum absolute atomic E-state index is 0.0626. The van der Waals surface area contributed by atoms with Crippen LogP contribution in [0.5, 0.6) is 0 Å². The van der Waals surface area contributed by atoms with Gasteiger partial charge < -0.3 is 14.6 Å². The van der Waals surface area contributed by atoms with Gasteiger partial charge in [0.25, 0.3) is 5.92 Å². The van der Waals surface area contributed by atoms with Crippen LogP contribution in [0.2, 0.25) is 0 Å². The number of carbonyl (C=O) groups is 1. The molecule has 2 aromatic rings. The summed E-state index contributed by atoms with van der Waals surface area (Å²) in [5.41, 5.74) is 1.86. The van der Waals surface area contributed by atoms with Gasteiger partial charge in [-0.15, -0.1) is 0 Å². The second-order valence-corrected chi connectivity index (χ2v) is 6.48. The molecule has 1 aliphatic carbocycles. The van der Waals surface area contributed by atoms with Gasteiger partial charge in [-0.1, -0.05) is 6.07 Å². The molecule has 0 spiro atoms. The van der Waals surface area contributed by atoms with Crippen molar-refractivity contribution >= 4 is 11.7 Å². The highest BCUT2D eigenvalue weighted by Crippen LogP contribution is 2.59. The zero-order valence-corrected chi connectivity index (χ0v) is 13.1. The van der Waals surface area contributed by atoms with Crippen molar-refractivity contribution in [1.29, 1.82) is 5.26 Å². The Morgan fingerprint density at radius 2 is 2.12 bits per heavy atom. The number of aromatic nitrogens is 2. The van der Waals surface area contributed by atoms with Crippen LogP contribution in [0, 0.1) is 23.2 Å². The maximum Gasteiger partial charge on any atom is 0.356 e. The molecule has 0 bridgehead atoms. The molecule has 8 heteroatoms. The number of carboxylic acid groups (broad SMARTS) is 1. The summed E-state index contributed by atoms with van der Waals surface area (Å²) in [6.45, 7) is 0.934. The molecule has 128 valence electrons. The van der Waals surface area contributed by atoms with E-state index in [1.165, 1.54) is 12.5 Å². The van der Waals surface area contributed by atoms with Crippen molar-refractivity contribution in [3.63, 3.8) is 0 Å². The van der Waals surface area contributed by atoms with E-state index in [2.05, 4.69) is 11.1 Å². The number of aromatic carboxylic acids is 1.